The fourth-order valence-electron chi connectivity index (χ4n) is 5.39. The molecule has 0 radical (unpaired) electrons. The molecule has 4 aromatic rings. The van der Waals surface area contributed by atoms with Crippen molar-refractivity contribution < 1.29 is 31.7 Å². The van der Waals surface area contributed by atoms with Crippen molar-refractivity contribution in [3.63, 3.8) is 0 Å². The second-order valence-electron chi connectivity index (χ2n) is 9.53. The molecule has 0 aliphatic carbocycles. The SMILES string of the molecule is CP(C)(=O)c1ccc(-c2ccc3nc4n(c3c2F)[C@@H]2C[C@H]4NC(=O)c3cccc(OC(F)F)c32)cc1F. The maximum absolute atomic E-state index is 16.2. The first-order valence-corrected chi connectivity index (χ1v) is 14.1. The van der Waals surface area contributed by atoms with E-state index in [-0.39, 0.29) is 45.2 Å². The number of benzene rings is 3. The number of aromatic nitrogens is 2. The highest BCUT2D eigenvalue weighted by Gasteiger charge is 2.43. The van der Waals surface area contributed by atoms with Gasteiger partial charge in [-0.15, -0.1) is 0 Å². The number of nitrogens with zero attached hydrogens (tertiary/aromatic N) is 2. The number of hydrogen-bond acceptors (Lipinski definition) is 4. The van der Waals surface area contributed by atoms with Crippen molar-refractivity contribution in [2.24, 2.45) is 0 Å². The highest BCUT2D eigenvalue weighted by molar-refractivity contribution is 7.70. The van der Waals surface area contributed by atoms with E-state index < -0.39 is 43.4 Å². The predicted molar refractivity (Wildman–Crippen MR) is 130 cm³/mol. The Labute approximate surface area is 208 Å². The van der Waals surface area contributed by atoms with Crippen LogP contribution >= 0.6 is 7.14 Å². The van der Waals surface area contributed by atoms with Crippen molar-refractivity contribution in [2.45, 2.75) is 25.1 Å². The van der Waals surface area contributed by atoms with E-state index in [9.17, 15) is 22.5 Å². The van der Waals surface area contributed by atoms with Crippen LogP contribution in [0.1, 0.15) is 40.3 Å². The number of imidazole rings is 1. The van der Waals surface area contributed by atoms with E-state index in [0.29, 0.717) is 11.3 Å². The third-order valence-electron chi connectivity index (χ3n) is 6.90. The zero-order valence-corrected chi connectivity index (χ0v) is 20.5. The molecule has 0 unspecified atom stereocenters. The minimum atomic E-state index is -3.11. The summed E-state index contributed by atoms with van der Waals surface area (Å²) in [6, 6.07) is 10.2. The van der Waals surface area contributed by atoms with Crippen molar-refractivity contribution in [3.05, 3.63) is 77.1 Å². The molecule has 190 valence electrons. The largest absolute Gasteiger partial charge is 0.434 e. The molecule has 1 amide bonds. The lowest BCUT2D eigenvalue weighted by Gasteiger charge is -2.21. The molecule has 0 spiro atoms. The van der Waals surface area contributed by atoms with Gasteiger partial charge in [0.1, 0.15) is 30.0 Å². The van der Waals surface area contributed by atoms with Crippen molar-refractivity contribution in [2.75, 3.05) is 13.3 Å². The number of amides is 1. The van der Waals surface area contributed by atoms with Gasteiger partial charge in [-0.2, -0.15) is 8.78 Å². The number of rotatable bonds is 4. The molecule has 11 heteroatoms. The molecule has 0 saturated carbocycles. The first-order chi connectivity index (χ1) is 17.5. The van der Waals surface area contributed by atoms with E-state index in [1.807, 2.05) is 0 Å². The van der Waals surface area contributed by atoms with Gasteiger partial charge in [0.25, 0.3) is 5.91 Å². The Hall–Kier alpha value is -3.65. The lowest BCUT2D eigenvalue weighted by molar-refractivity contribution is -0.0507. The Kier molecular flexibility index (Phi) is 5.25. The molecule has 2 aliphatic rings. The summed E-state index contributed by atoms with van der Waals surface area (Å²) in [5, 5.41) is 2.93. The normalized spacial score (nSPS) is 18.5. The van der Waals surface area contributed by atoms with E-state index in [1.54, 1.807) is 10.6 Å². The highest BCUT2D eigenvalue weighted by Crippen LogP contribution is 2.48. The zero-order chi connectivity index (χ0) is 26.2. The highest BCUT2D eigenvalue weighted by atomic mass is 31.2. The smallest absolute Gasteiger partial charge is 0.387 e. The quantitative estimate of drug-likeness (QED) is 0.276. The number of carbonyl (C=O) groups excluding carboxylic acids is 1. The second kappa shape index (κ2) is 8.18. The summed E-state index contributed by atoms with van der Waals surface area (Å²) in [6.07, 6.45) is 0.274. The Morgan fingerprint density at radius 2 is 1.89 bits per heavy atom. The van der Waals surface area contributed by atoms with Gasteiger partial charge in [-0.25, -0.2) is 13.8 Å². The van der Waals surface area contributed by atoms with Crippen LogP contribution in [0.15, 0.2) is 48.5 Å². The van der Waals surface area contributed by atoms with Crippen LogP contribution in [0.4, 0.5) is 17.6 Å². The van der Waals surface area contributed by atoms with Gasteiger partial charge in [0.2, 0.25) is 0 Å². The summed E-state index contributed by atoms with van der Waals surface area (Å²) in [6.45, 7) is -0.204. The van der Waals surface area contributed by atoms with E-state index in [4.69, 9.17) is 4.74 Å². The maximum Gasteiger partial charge on any atom is 0.387 e. The molecule has 2 bridgehead atoms. The van der Waals surface area contributed by atoms with Crippen LogP contribution in [0.5, 0.6) is 5.75 Å². The molecule has 3 heterocycles. The van der Waals surface area contributed by atoms with Gasteiger partial charge in [0.15, 0.2) is 5.82 Å². The molecule has 2 atom stereocenters. The molecular weight excluding hydrogens is 509 g/mol. The Bertz CT molecular complexity index is 1660. The van der Waals surface area contributed by atoms with Crippen molar-refractivity contribution in [1.29, 1.82) is 0 Å². The third-order valence-corrected chi connectivity index (χ3v) is 8.43. The van der Waals surface area contributed by atoms with Gasteiger partial charge in [0, 0.05) is 22.0 Å². The molecule has 0 fully saturated rings. The molecule has 3 aromatic carbocycles. The first-order valence-electron chi connectivity index (χ1n) is 11.5. The Balaban J connectivity index is 1.56. The average molecular weight is 529 g/mol. The fraction of sp³-hybridized carbons (Fsp3) is 0.231. The van der Waals surface area contributed by atoms with Gasteiger partial charge in [0.05, 0.1) is 17.6 Å². The molecule has 6 rings (SSSR count). The minimum absolute atomic E-state index is 0.0759. The number of ether oxygens (including phenoxy) is 1. The van der Waals surface area contributed by atoms with E-state index in [0.717, 1.165) is 6.07 Å². The number of hydrogen-bond donors (Lipinski definition) is 1. The van der Waals surface area contributed by atoms with Crippen molar-refractivity contribution in [3.8, 4) is 16.9 Å². The van der Waals surface area contributed by atoms with Crippen LogP contribution in [0, 0.1) is 11.6 Å². The third kappa shape index (κ3) is 3.65. The van der Waals surface area contributed by atoms with Crippen LogP contribution in [0.3, 0.4) is 0 Å². The van der Waals surface area contributed by atoms with Crippen LogP contribution in [-0.2, 0) is 4.57 Å². The minimum Gasteiger partial charge on any atom is -0.434 e. The van der Waals surface area contributed by atoms with Gasteiger partial charge >= 0.3 is 6.61 Å². The molecule has 0 saturated heterocycles. The van der Waals surface area contributed by atoms with Gasteiger partial charge in [-0.1, -0.05) is 12.1 Å². The first kappa shape index (κ1) is 23.7. The number of fused-ring (bicyclic) bond motifs is 9. The predicted octanol–water partition coefficient (Wildman–Crippen LogP) is 5.61. The summed E-state index contributed by atoms with van der Waals surface area (Å²) in [5.74, 6) is -1.60. The second-order valence-corrected chi connectivity index (χ2v) is 12.7. The summed E-state index contributed by atoms with van der Waals surface area (Å²) in [7, 11) is -2.87. The number of carbonyl (C=O) groups is 1. The number of halogens is 4. The summed E-state index contributed by atoms with van der Waals surface area (Å²) in [5.41, 5.74) is 1.15. The Morgan fingerprint density at radius 1 is 1.11 bits per heavy atom. The Morgan fingerprint density at radius 3 is 2.59 bits per heavy atom. The van der Waals surface area contributed by atoms with Gasteiger partial charge in [-0.3, -0.25) is 4.79 Å². The van der Waals surface area contributed by atoms with E-state index >= 15 is 4.39 Å². The van der Waals surface area contributed by atoms with E-state index in [2.05, 4.69) is 10.3 Å². The molecule has 1 N–H and O–H groups in total. The molecular formula is C26H20F4N3O3P. The molecule has 37 heavy (non-hydrogen) atoms. The topological polar surface area (TPSA) is 73.2 Å². The van der Waals surface area contributed by atoms with Gasteiger partial charge < -0.3 is 19.2 Å². The zero-order valence-electron chi connectivity index (χ0n) is 19.6. The maximum atomic E-state index is 16.2. The lowest BCUT2D eigenvalue weighted by atomic mass is 9.97. The lowest BCUT2D eigenvalue weighted by Crippen LogP contribution is -2.28. The molecule has 2 aliphatic heterocycles. The van der Waals surface area contributed by atoms with Crippen LogP contribution in [0.25, 0.3) is 22.2 Å². The van der Waals surface area contributed by atoms with Crippen LogP contribution in [0.2, 0.25) is 0 Å². The monoisotopic (exact) mass is 529 g/mol. The average Bonchev–Trinajstić information content (AvgIpc) is 3.31. The van der Waals surface area contributed by atoms with E-state index in [1.165, 1.54) is 49.7 Å². The summed E-state index contributed by atoms with van der Waals surface area (Å²) >= 11 is 0. The van der Waals surface area contributed by atoms with Gasteiger partial charge in [-0.05, 0) is 61.7 Å². The van der Waals surface area contributed by atoms with Crippen LogP contribution in [-0.4, -0.2) is 35.4 Å². The van der Waals surface area contributed by atoms with Crippen LogP contribution < -0.4 is 15.4 Å². The van der Waals surface area contributed by atoms with Crippen molar-refractivity contribution in [1.82, 2.24) is 14.9 Å². The molecule has 6 nitrogen and oxygen atoms in total. The molecule has 1 aromatic heterocycles. The van der Waals surface area contributed by atoms with Crippen molar-refractivity contribution >= 4 is 29.4 Å². The standard InChI is InChI=1S/C26H20F4N3O3P/c1-37(2,35)20-9-6-12(10-15(20)27)13-7-8-16-23(22(13)28)33-18-11-17(24(33)31-16)32-25(34)14-4-3-5-19(21(14)18)36-26(29)30/h3-10,17-18,26H,11H2,1-2H3,(H,32,34)/t17-,18-/m1/s1. The summed E-state index contributed by atoms with van der Waals surface area (Å²) in [4.78, 5) is 17.4. The number of nitrogens with one attached hydrogen (secondary N) is 1. The fourth-order valence-corrected chi connectivity index (χ4v) is 6.40. The summed E-state index contributed by atoms with van der Waals surface area (Å²) < 4.78 is 76.1. The number of alkyl halides is 2.